The third-order valence-electron chi connectivity index (χ3n) is 3.70. The molecule has 0 saturated carbocycles. The van der Waals surface area contributed by atoms with Crippen LogP contribution in [0.2, 0.25) is 0 Å². The molecule has 3 aromatic rings. The molecule has 2 heterocycles. The Kier molecular flexibility index (Phi) is 4.59. The van der Waals surface area contributed by atoms with Crippen LogP contribution in [0.1, 0.15) is 19.4 Å². The van der Waals surface area contributed by atoms with E-state index in [1.165, 1.54) is 0 Å². The number of benzene rings is 1. The third-order valence-corrected chi connectivity index (χ3v) is 5.63. The first kappa shape index (κ1) is 15.2. The topological polar surface area (TPSA) is 49.0 Å². The van der Waals surface area contributed by atoms with Crippen molar-refractivity contribution in [1.82, 2.24) is 9.97 Å². The van der Waals surface area contributed by atoms with Crippen LogP contribution >= 0.6 is 11.3 Å². The Balaban J connectivity index is 1.86. The highest BCUT2D eigenvalue weighted by atomic mass is 32.2. The lowest BCUT2D eigenvalue weighted by atomic mass is 10.2. The molecule has 1 aromatic carbocycles. The number of anilines is 1. The van der Waals surface area contributed by atoms with Crippen LogP contribution in [-0.4, -0.2) is 27.3 Å². The molecule has 0 fully saturated rings. The largest absolute Gasteiger partial charge is 0.372 e. The number of aromatic nitrogens is 2. The number of imidazole rings is 1. The smallest absolute Gasteiger partial charge is 0.197 e. The predicted molar refractivity (Wildman–Crippen MR) is 94.1 cm³/mol. The molecule has 4 nitrogen and oxygen atoms in total. The van der Waals surface area contributed by atoms with E-state index >= 15 is 0 Å². The molecule has 0 aliphatic rings. The van der Waals surface area contributed by atoms with Gasteiger partial charge in [0.1, 0.15) is 5.52 Å². The molecular weight excluding hydrogens is 314 g/mol. The first-order valence-corrected chi connectivity index (χ1v) is 9.62. The van der Waals surface area contributed by atoms with Crippen molar-refractivity contribution in [2.45, 2.75) is 24.8 Å². The Hall–Kier alpha value is -1.66. The van der Waals surface area contributed by atoms with Gasteiger partial charge < -0.3 is 9.88 Å². The summed E-state index contributed by atoms with van der Waals surface area (Å²) < 4.78 is 12.6. The van der Waals surface area contributed by atoms with Crippen LogP contribution < -0.4 is 4.90 Å². The van der Waals surface area contributed by atoms with Gasteiger partial charge in [0, 0.05) is 29.5 Å². The lowest BCUT2D eigenvalue weighted by Gasteiger charge is -2.23. The normalized spacial score (nSPS) is 12.6. The summed E-state index contributed by atoms with van der Waals surface area (Å²) in [7, 11) is -1.16. The summed E-state index contributed by atoms with van der Waals surface area (Å²) in [6, 6.07) is 8.18. The Morgan fingerprint density at radius 1 is 1.23 bits per heavy atom. The summed E-state index contributed by atoms with van der Waals surface area (Å²) in [6.45, 7) is 6.15. The summed E-state index contributed by atoms with van der Waals surface area (Å²) in [5.41, 5.74) is 4.12. The van der Waals surface area contributed by atoms with Crippen molar-refractivity contribution in [3.05, 3.63) is 40.6 Å². The predicted octanol–water partition coefficient (Wildman–Crippen LogP) is 3.78. The zero-order valence-corrected chi connectivity index (χ0v) is 14.3. The third kappa shape index (κ3) is 2.94. The SMILES string of the molecule is CCN(CC)c1ccccc1CS(=O)c1nc2cscc2[nH]1. The maximum Gasteiger partial charge on any atom is 0.197 e. The van der Waals surface area contributed by atoms with E-state index in [-0.39, 0.29) is 0 Å². The molecular formula is C16H19N3OS2. The second-order valence-electron chi connectivity index (χ2n) is 5.00. The molecule has 6 heteroatoms. The van der Waals surface area contributed by atoms with Crippen molar-refractivity contribution < 1.29 is 4.21 Å². The fourth-order valence-corrected chi connectivity index (χ4v) is 4.33. The minimum Gasteiger partial charge on any atom is -0.372 e. The number of para-hydroxylation sites is 1. The Bertz CT molecular complexity index is 761. The minimum absolute atomic E-state index is 0.478. The second-order valence-corrected chi connectivity index (χ2v) is 7.11. The molecule has 0 saturated heterocycles. The maximum absolute atomic E-state index is 12.6. The molecule has 0 aliphatic carbocycles. The van der Waals surface area contributed by atoms with Crippen LogP contribution in [-0.2, 0) is 16.6 Å². The number of nitrogens with zero attached hydrogens (tertiary/aromatic N) is 2. The average Bonchev–Trinajstić information content (AvgIpc) is 3.11. The van der Waals surface area contributed by atoms with Gasteiger partial charge in [-0.3, -0.25) is 4.21 Å². The standard InChI is InChI=1S/C16H19N3OS2/c1-3-19(4-2)15-8-6-5-7-12(15)11-22(20)16-17-13-9-21-10-14(13)18-16/h5-10H,3-4,11H2,1-2H3,(H,17,18). The highest BCUT2D eigenvalue weighted by molar-refractivity contribution is 7.84. The van der Waals surface area contributed by atoms with Crippen LogP contribution in [0.3, 0.4) is 0 Å². The van der Waals surface area contributed by atoms with Gasteiger partial charge in [0.05, 0.1) is 22.1 Å². The number of thiophene rings is 1. The Morgan fingerprint density at radius 2 is 2.00 bits per heavy atom. The monoisotopic (exact) mass is 333 g/mol. The Labute approximate surface area is 136 Å². The van der Waals surface area contributed by atoms with E-state index in [4.69, 9.17) is 0 Å². The van der Waals surface area contributed by atoms with Gasteiger partial charge in [-0.1, -0.05) is 18.2 Å². The van der Waals surface area contributed by atoms with Crippen LogP contribution in [0.4, 0.5) is 5.69 Å². The number of nitrogens with one attached hydrogen (secondary N) is 1. The van der Waals surface area contributed by atoms with E-state index in [1.54, 1.807) is 11.3 Å². The summed E-state index contributed by atoms with van der Waals surface area (Å²) >= 11 is 1.60. The fraction of sp³-hybridized carbons (Fsp3) is 0.312. The summed E-state index contributed by atoms with van der Waals surface area (Å²) in [4.78, 5) is 9.87. The molecule has 1 atom stereocenters. The Morgan fingerprint density at radius 3 is 2.73 bits per heavy atom. The average molecular weight is 333 g/mol. The van der Waals surface area contributed by atoms with Gasteiger partial charge in [-0.2, -0.15) is 0 Å². The highest BCUT2D eigenvalue weighted by Gasteiger charge is 2.15. The van der Waals surface area contributed by atoms with Crippen molar-refractivity contribution in [2.75, 3.05) is 18.0 Å². The molecule has 3 rings (SSSR count). The van der Waals surface area contributed by atoms with Gasteiger partial charge in [0.15, 0.2) is 5.16 Å². The zero-order chi connectivity index (χ0) is 15.5. The second kappa shape index (κ2) is 6.62. The first-order valence-electron chi connectivity index (χ1n) is 7.36. The van der Waals surface area contributed by atoms with Crippen molar-refractivity contribution in [3.63, 3.8) is 0 Å². The van der Waals surface area contributed by atoms with Crippen molar-refractivity contribution >= 4 is 38.9 Å². The van der Waals surface area contributed by atoms with Gasteiger partial charge >= 0.3 is 0 Å². The van der Waals surface area contributed by atoms with E-state index in [0.29, 0.717) is 10.9 Å². The van der Waals surface area contributed by atoms with Gasteiger partial charge in [-0.05, 0) is 25.5 Å². The summed E-state index contributed by atoms with van der Waals surface area (Å²) in [5.74, 6) is 0.478. The number of rotatable bonds is 6. The van der Waals surface area contributed by atoms with Crippen LogP contribution in [0.25, 0.3) is 11.0 Å². The number of H-pyrrole nitrogens is 1. The highest BCUT2D eigenvalue weighted by Crippen LogP contribution is 2.24. The lowest BCUT2D eigenvalue weighted by molar-refractivity contribution is 0.677. The molecule has 1 N–H and O–H groups in total. The fourth-order valence-electron chi connectivity index (χ4n) is 2.55. The van der Waals surface area contributed by atoms with Crippen LogP contribution in [0, 0.1) is 0 Å². The molecule has 0 aliphatic heterocycles. The number of hydrogen-bond acceptors (Lipinski definition) is 4. The number of hydrogen-bond donors (Lipinski definition) is 1. The quantitative estimate of drug-likeness (QED) is 0.747. The van der Waals surface area contributed by atoms with Crippen LogP contribution in [0.5, 0.6) is 0 Å². The molecule has 116 valence electrons. The van der Waals surface area contributed by atoms with E-state index < -0.39 is 10.8 Å². The van der Waals surface area contributed by atoms with E-state index in [2.05, 4.69) is 40.8 Å². The van der Waals surface area contributed by atoms with Crippen molar-refractivity contribution in [3.8, 4) is 0 Å². The summed E-state index contributed by atoms with van der Waals surface area (Å²) in [5, 5.41) is 4.52. The van der Waals surface area contributed by atoms with E-state index in [1.807, 2.05) is 22.9 Å². The van der Waals surface area contributed by atoms with Gasteiger partial charge in [0.2, 0.25) is 0 Å². The molecule has 0 bridgehead atoms. The van der Waals surface area contributed by atoms with Crippen LogP contribution in [0.15, 0.2) is 40.2 Å². The minimum atomic E-state index is -1.16. The molecule has 2 aromatic heterocycles. The number of fused-ring (bicyclic) bond motifs is 1. The van der Waals surface area contributed by atoms with Gasteiger partial charge in [-0.25, -0.2) is 4.98 Å². The number of aromatic amines is 1. The van der Waals surface area contributed by atoms with Gasteiger partial charge in [0.25, 0.3) is 0 Å². The molecule has 1 unspecified atom stereocenters. The molecule has 22 heavy (non-hydrogen) atoms. The van der Waals surface area contributed by atoms with Crippen molar-refractivity contribution in [2.24, 2.45) is 0 Å². The lowest BCUT2D eigenvalue weighted by Crippen LogP contribution is -2.23. The molecule has 0 radical (unpaired) electrons. The maximum atomic E-state index is 12.6. The first-order chi connectivity index (χ1) is 10.7. The zero-order valence-electron chi connectivity index (χ0n) is 12.7. The van der Waals surface area contributed by atoms with E-state index in [0.717, 1.165) is 35.4 Å². The van der Waals surface area contributed by atoms with Crippen molar-refractivity contribution in [1.29, 1.82) is 0 Å². The van der Waals surface area contributed by atoms with E-state index in [9.17, 15) is 4.21 Å². The molecule has 0 spiro atoms. The van der Waals surface area contributed by atoms with Gasteiger partial charge in [-0.15, -0.1) is 11.3 Å². The summed E-state index contributed by atoms with van der Waals surface area (Å²) in [6.07, 6.45) is 0. The molecule has 0 amide bonds.